The van der Waals surface area contributed by atoms with Gasteiger partial charge >= 0.3 is 0 Å². The van der Waals surface area contributed by atoms with Crippen molar-refractivity contribution in [1.82, 2.24) is 5.32 Å². The van der Waals surface area contributed by atoms with E-state index >= 15 is 0 Å². The zero-order valence-corrected chi connectivity index (χ0v) is 16.3. The Morgan fingerprint density at radius 1 is 1.29 bits per heavy atom. The molecule has 1 heterocycles. The number of primary amides is 1. The van der Waals surface area contributed by atoms with Crippen LogP contribution in [-0.4, -0.2) is 23.8 Å². The van der Waals surface area contributed by atoms with E-state index in [1.807, 2.05) is 18.2 Å². The summed E-state index contributed by atoms with van der Waals surface area (Å²) in [4.78, 5) is 24.3. The molecule has 1 aromatic carbocycles. The van der Waals surface area contributed by atoms with Crippen LogP contribution in [0.3, 0.4) is 0 Å². The van der Waals surface area contributed by atoms with Gasteiger partial charge in [0.05, 0.1) is 11.5 Å². The van der Waals surface area contributed by atoms with Crippen LogP contribution in [-0.2, 0) is 9.59 Å². The molecule has 2 saturated carbocycles. The number of nitrogens with one attached hydrogen (secondary N) is 1. The molecule has 3 N–H and O–H groups in total. The van der Waals surface area contributed by atoms with E-state index in [1.54, 1.807) is 6.07 Å². The average Bonchev–Trinajstić information content (AvgIpc) is 3.26. The Morgan fingerprint density at radius 3 is 2.61 bits per heavy atom. The number of alkyl halides is 2. The number of rotatable bonds is 5. The summed E-state index contributed by atoms with van der Waals surface area (Å²) in [6.45, 7) is 0. The van der Waals surface area contributed by atoms with Crippen LogP contribution < -0.4 is 11.1 Å². The van der Waals surface area contributed by atoms with Crippen molar-refractivity contribution in [1.29, 1.82) is 0 Å². The molecule has 7 heteroatoms. The van der Waals surface area contributed by atoms with Crippen molar-refractivity contribution in [2.24, 2.45) is 29.4 Å². The Bertz CT molecular complexity index is 783. The highest BCUT2D eigenvalue weighted by molar-refractivity contribution is 6.30. The van der Waals surface area contributed by atoms with Gasteiger partial charge in [-0.3, -0.25) is 9.59 Å². The topological polar surface area (TPSA) is 72.2 Å². The first-order chi connectivity index (χ1) is 13.3. The van der Waals surface area contributed by atoms with E-state index in [0.717, 1.165) is 31.2 Å². The van der Waals surface area contributed by atoms with Gasteiger partial charge in [-0.15, -0.1) is 0 Å². The van der Waals surface area contributed by atoms with Crippen molar-refractivity contribution in [2.45, 2.75) is 56.4 Å². The fraction of sp³-hybridized carbons (Fsp3) is 0.619. The van der Waals surface area contributed by atoms with Crippen LogP contribution in [0.5, 0.6) is 0 Å². The van der Waals surface area contributed by atoms with E-state index in [4.69, 9.17) is 17.3 Å². The summed E-state index contributed by atoms with van der Waals surface area (Å²) in [6, 6.07) is 7.44. The molecule has 4 unspecified atom stereocenters. The fourth-order valence-corrected chi connectivity index (χ4v) is 6.31. The maximum absolute atomic E-state index is 13.9. The summed E-state index contributed by atoms with van der Waals surface area (Å²) in [7, 11) is 0. The molecule has 0 bridgehead atoms. The zero-order chi connectivity index (χ0) is 20.1. The molecule has 1 spiro atoms. The molecular formula is C21H25ClF2N2O2. The van der Waals surface area contributed by atoms with Crippen LogP contribution in [0.4, 0.5) is 8.78 Å². The molecular weight excluding hydrogens is 386 g/mol. The Balaban J connectivity index is 1.80. The minimum Gasteiger partial charge on any atom is -0.369 e. The first-order valence-corrected chi connectivity index (χ1v) is 10.3. The lowest BCUT2D eigenvalue weighted by atomic mass is 9.48. The highest BCUT2D eigenvalue weighted by atomic mass is 35.5. The summed E-state index contributed by atoms with van der Waals surface area (Å²) in [5, 5.41) is 3.44. The van der Waals surface area contributed by atoms with Gasteiger partial charge in [-0.1, -0.05) is 36.6 Å². The second-order valence-corrected chi connectivity index (χ2v) is 9.03. The van der Waals surface area contributed by atoms with Crippen LogP contribution in [0.15, 0.2) is 24.3 Å². The predicted molar refractivity (Wildman–Crippen MR) is 102 cm³/mol. The van der Waals surface area contributed by atoms with Crippen molar-refractivity contribution in [3.63, 3.8) is 0 Å². The predicted octanol–water partition coefficient (Wildman–Crippen LogP) is 3.88. The monoisotopic (exact) mass is 410 g/mol. The van der Waals surface area contributed by atoms with E-state index in [0.29, 0.717) is 5.02 Å². The van der Waals surface area contributed by atoms with Gasteiger partial charge in [0.2, 0.25) is 18.2 Å². The lowest BCUT2D eigenvalue weighted by Gasteiger charge is -2.58. The molecule has 2 aliphatic carbocycles. The molecule has 1 saturated heterocycles. The Morgan fingerprint density at radius 2 is 2.00 bits per heavy atom. The van der Waals surface area contributed by atoms with Crippen molar-refractivity contribution >= 4 is 23.4 Å². The summed E-state index contributed by atoms with van der Waals surface area (Å²) >= 11 is 6.23. The standard InChI is InChI=1S/C21H25ClF2N2O2/c22-13-7-3-6-12(8-13)17(11-4-1-2-5-11)18-14(20(25)28)10-21(18)15(19(23)24)9-16(27)26-21/h3,6-8,11,14-15,17-19H,1-2,4-5,9-10H2,(H2,25,28)(H,26,27)/t14?,15?,17-,18?,21?/m0/s1. The SMILES string of the molecule is NC(=O)C1CC2(NC(=O)CC2C(F)F)C1[C@H](c1cccc(Cl)c1)C1CCCC1. The van der Waals surface area contributed by atoms with Gasteiger partial charge in [-0.2, -0.15) is 0 Å². The van der Waals surface area contributed by atoms with Gasteiger partial charge in [0.15, 0.2) is 0 Å². The minimum absolute atomic E-state index is 0.132. The molecule has 0 aromatic heterocycles. The molecule has 2 amide bonds. The van der Waals surface area contributed by atoms with Crippen LogP contribution in [0.25, 0.3) is 0 Å². The first-order valence-electron chi connectivity index (χ1n) is 9.97. The largest absolute Gasteiger partial charge is 0.369 e. The molecule has 4 nitrogen and oxygen atoms in total. The number of hydrogen-bond donors (Lipinski definition) is 2. The zero-order valence-electron chi connectivity index (χ0n) is 15.5. The van der Waals surface area contributed by atoms with E-state index in [9.17, 15) is 18.4 Å². The van der Waals surface area contributed by atoms with Crippen LogP contribution in [0.2, 0.25) is 5.02 Å². The lowest BCUT2D eigenvalue weighted by Crippen LogP contribution is -2.69. The number of amides is 2. The van der Waals surface area contributed by atoms with Gasteiger partial charge in [0.1, 0.15) is 0 Å². The quantitative estimate of drug-likeness (QED) is 0.773. The molecule has 4 rings (SSSR count). The summed E-state index contributed by atoms with van der Waals surface area (Å²) < 4.78 is 27.8. The molecule has 3 aliphatic rings. The Labute approximate surface area is 168 Å². The summed E-state index contributed by atoms with van der Waals surface area (Å²) in [6.07, 6.45) is 1.47. The third-order valence-electron chi connectivity index (χ3n) is 7.22. The minimum atomic E-state index is -2.63. The lowest BCUT2D eigenvalue weighted by molar-refractivity contribution is -0.144. The van der Waals surface area contributed by atoms with Crippen molar-refractivity contribution < 1.29 is 18.4 Å². The maximum atomic E-state index is 13.9. The normalized spacial score (nSPS) is 33.9. The van der Waals surface area contributed by atoms with Crippen molar-refractivity contribution in [3.8, 4) is 0 Å². The molecule has 152 valence electrons. The number of halogens is 3. The van der Waals surface area contributed by atoms with E-state index in [-0.39, 0.29) is 30.6 Å². The van der Waals surface area contributed by atoms with Crippen LogP contribution in [0.1, 0.15) is 50.0 Å². The molecule has 5 atom stereocenters. The molecule has 28 heavy (non-hydrogen) atoms. The molecule has 3 fully saturated rings. The third-order valence-corrected chi connectivity index (χ3v) is 7.46. The average molecular weight is 411 g/mol. The van der Waals surface area contributed by atoms with Gasteiger partial charge in [-0.25, -0.2) is 8.78 Å². The molecule has 1 aromatic rings. The van der Waals surface area contributed by atoms with Gasteiger partial charge in [-0.05, 0) is 48.8 Å². The summed E-state index contributed by atoms with van der Waals surface area (Å²) in [5.41, 5.74) is 5.55. The first kappa shape index (κ1) is 19.6. The fourth-order valence-electron chi connectivity index (χ4n) is 6.11. The van der Waals surface area contributed by atoms with Gasteiger partial charge < -0.3 is 11.1 Å². The summed E-state index contributed by atoms with van der Waals surface area (Å²) in [5.74, 6) is -2.76. The van der Waals surface area contributed by atoms with E-state index < -0.39 is 35.6 Å². The smallest absolute Gasteiger partial charge is 0.244 e. The Kier molecular flexibility index (Phi) is 5.10. The highest BCUT2D eigenvalue weighted by Crippen LogP contribution is 2.61. The van der Waals surface area contributed by atoms with E-state index in [2.05, 4.69) is 5.32 Å². The van der Waals surface area contributed by atoms with E-state index in [1.165, 1.54) is 0 Å². The number of benzene rings is 1. The van der Waals surface area contributed by atoms with Crippen molar-refractivity contribution in [3.05, 3.63) is 34.9 Å². The number of carbonyl (C=O) groups excluding carboxylic acids is 2. The Hall–Kier alpha value is -1.69. The number of nitrogens with two attached hydrogens (primary N) is 1. The second kappa shape index (κ2) is 7.29. The second-order valence-electron chi connectivity index (χ2n) is 8.60. The number of carbonyl (C=O) groups is 2. The maximum Gasteiger partial charge on any atom is 0.244 e. The van der Waals surface area contributed by atoms with Crippen LogP contribution >= 0.6 is 11.6 Å². The van der Waals surface area contributed by atoms with Crippen LogP contribution in [0, 0.1) is 23.7 Å². The van der Waals surface area contributed by atoms with Crippen molar-refractivity contribution in [2.75, 3.05) is 0 Å². The molecule has 1 aliphatic heterocycles. The molecule has 0 radical (unpaired) electrons. The van der Waals surface area contributed by atoms with Gasteiger partial charge in [0.25, 0.3) is 0 Å². The van der Waals surface area contributed by atoms with Gasteiger partial charge in [0, 0.05) is 23.3 Å². The highest BCUT2D eigenvalue weighted by Gasteiger charge is 2.68. The number of hydrogen-bond acceptors (Lipinski definition) is 2. The third kappa shape index (κ3) is 3.10.